The van der Waals surface area contributed by atoms with Crippen LogP contribution in [0.15, 0.2) is 23.2 Å². The van der Waals surface area contributed by atoms with Crippen molar-refractivity contribution < 1.29 is 19.3 Å². The van der Waals surface area contributed by atoms with E-state index in [0.29, 0.717) is 13.4 Å². The zero-order chi connectivity index (χ0) is 18.9. The molecule has 0 aromatic carbocycles. The lowest BCUT2D eigenvalue weighted by molar-refractivity contribution is 0.0692. The van der Waals surface area contributed by atoms with E-state index in [4.69, 9.17) is 43.5 Å². The number of aliphatic hydroxyl groups excluding tert-OH is 1. The first-order valence-electron chi connectivity index (χ1n) is 6.32. The van der Waals surface area contributed by atoms with Crippen LogP contribution in [0.2, 0.25) is 0 Å². The second kappa shape index (κ2) is 33.1. The van der Waals surface area contributed by atoms with Gasteiger partial charge in [0.15, 0.2) is 0 Å². The normalized spacial score (nSPS) is 11.5. The molecule has 0 bridgehead atoms. The molecule has 23 heavy (non-hydrogen) atoms. The fourth-order valence-electron chi connectivity index (χ4n) is 0.437. The minimum atomic E-state index is -0.500. The van der Waals surface area contributed by atoms with Gasteiger partial charge in [0, 0.05) is 0 Å². The summed E-state index contributed by atoms with van der Waals surface area (Å²) in [5.41, 5.74) is 12.3. The Balaban J connectivity index is -0.0000000993. The molecule has 138 valence electrons. The first kappa shape index (κ1) is 30.3. The van der Waals surface area contributed by atoms with Crippen LogP contribution < -0.4 is 11.5 Å². The van der Waals surface area contributed by atoms with E-state index in [-0.39, 0.29) is 5.17 Å². The summed E-state index contributed by atoms with van der Waals surface area (Å²) in [4.78, 5) is 0. The standard InChI is InChI=1S/2C3H5Cl.C3H7NOS.C3H6O2.CH3NOS/c2*1-2-3-4;1-2-5-3(4)6;1-2-5-3-4-1;2-1(3)4/h2*2-3H,1H3;2H2,1H3,(H2,4,6);1-3H2;(H3,2,3,4). The molecule has 0 spiro atoms. The Hall–Kier alpha value is -0.640. The average molecular weight is 409 g/mol. The quantitative estimate of drug-likeness (QED) is 0.566. The third-order valence-corrected chi connectivity index (χ3v) is 1.70. The van der Waals surface area contributed by atoms with Crippen LogP contribution in [0, 0.1) is 0 Å². The maximum absolute atomic E-state index is 7.56. The smallest absolute Gasteiger partial charge is 0.253 e. The number of aliphatic hydroxyl groups is 1. The summed E-state index contributed by atoms with van der Waals surface area (Å²) in [6, 6.07) is 0. The van der Waals surface area contributed by atoms with Crippen LogP contribution in [0.4, 0.5) is 0 Å². The number of hydrogen-bond acceptors (Lipinski definition) is 5. The van der Waals surface area contributed by atoms with Crippen LogP contribution in [0.5, 0.6) is 0 Å². The van der Waals surface area contributed by atoms with Crippen molar-refractivity contribution in [3.8, 4) is 0 Å². The molecule has 6 nitrogen and oxygen atoms in total. The van der Waals surface area contributed by atoms with Gasteiger partial charge >= 0.3 is 0 Å². The predicted octanol–water partition coefficient (Wildman–Crippen LogP) is 3.56. The molecule has 1 rings (SSSR count). The molecule has 0 atom stereocenters. The van der Waals surface area contributed by atoms with Crippen molar-refractivity contribution in [1.82, 2.24) is 0 Å². The third kappa shape index (κ3) is 91.4. The van der Waals surface area contributed by atoms with Crippen LogP contribution >= 0.6 is 47.6 Å². The largest absolute Gasteiger partial charge is 0.487 e. The molecule has 1 aliphatic heterocycles. The minimum absolute atomic E-state index is 0.123. The highest BCUT2D eigenvalue weighted by Gasteiger charge is 1.93. The maximum Gasteiger partial charge on any atom is 0.253 e. The fourth-order valence-corrected chi connectivity index (χ4v) is 0.555. The fraction of sp³-hybridized carbons (Fsp3) is 0.538. The number of rotatable bonds is 1. The van der Waals surface area contributed by atoms with Crippen LogP contribution in [-0.4, -0.2) is 42.1 Å². The first-order chi connectivity index (χ1) is 10.8. The van der Waals surface area contributed by atoms with Gasteiger partial charge in [-0.15, -0.1) is 0 Å². The van der Waals surface area contributed by atoms with Gasteiger partial charge in [0.25, 0.3) is 10.3 Å². The van der Waals surface area contributed by atoms with Crippen molar-refractivity contribution in [2.45, 2.75) is 20.8 Å². The second-order valence-corrected chi connectivity index (χ2v) is 4.27. The summed E-state index contributed by atoms with van der Waals surface area (Å²) in [5, 5.41) is 7.19. The van der Waals surface area contributed by atoms with Crippen molar-refractivity contribution >= 4 is 58.0 Å². The van der Waals surface area contributed by atoms with Gasteiger partial charge < -0.3 is 30.8 Å². The number of ether oxygens (including phenoxy) is 3. The molecule has 10 heteroatoms. The number of allylic oxidation sites excluding steroid dienone is 2. The Kier molecular flexibility index (Phi) is 43.5. The summed E-state index contributed by atoms with van der Waals surface area (Å²) in [6.45, 7) is 8.19. The molecule has 5 N–H and O–H groups in total. The summed E-state index contributed by atoms with van der Waals surface area (Å²) in [7, 11) is 0. The van der Waals surface area contributed by atoms with E-state index in [1.807, 2.05) is 20.8 Å². The zero-order valence-corrected chi connectivity index (χ0v) is 16.7. The van der Waals surface area contributed by atoms with Crippen LogP contribution in [0.25, 0.3) is 0 Å². The van der Waals surface area contributed by atoms with Crippen molar-refractivity contribution in [3.05, 3.63) is 23.2 Å². The van der Waals surface area contributed by atoms with Gasteiger partial charge in [0.1, 0.15) is 6.79 Å². The Bertz CT molecular complexity index is 274. The Morgan fingerprint density at radius 3 is 1.48 bits per heavy atom. The molecule has 0 aromatic rings. The Morgan fingerprint density at radius 2 is 1.43 bits per heavy atom. The number of halogens is 2. The lowest BCUT2D eigenvalue weighted by Crippen LogP contribution is -2.11. The van der Waals surface area contributed by atoms with Gasteiger partial charge in [-0.1, -0.05) is 35.4 Å². The molecule has 0 radical (unpaired) electrons. The third-order valence-electron chi connectivity index (χ3n) is 1.08. The van der Waals surface area contributed by atoms with Crippen LogP contribution in [-0.2, 0) is 14.2 Å². The van der Waals surface area contributed by atoms with Gasteiger partial charge in [-0.25, -0.2) is 0 Å². The van der Waals surface area contributed by atoms with Crippen LogP contribution in [0.3, 0.4) is 0 Å². The second-order valence-electron chi connectivity index (χ2n) is 2.94. The summed E-state index contributed by atoms with van der Waals surface area (Å²) in [5.74, 6) is 0. The lowest BCUT2D eigenvalue weighted by Gasteiger charge is -1.93. The molecule has 0 unspecified atom stereocenters. The minimum Gasteiger partial charge on any atom is -0.487 e. The number of thiocarbonyl (C=S) groups is 2. The highest BCUT2D eigenvalue weighted by Crippen LogP contribution is 1.85. The van der Waals surface area contributed by atoms with Crippen molar-refractivity contribution in [3.63, 3.8) is 0 Å². The average Bonchev–Trinajstić information content (AvgIpc) is 3.06. The number of hydrogen-bond donors (Lipinski definition) is 3. The van der Waals surface area contributed by atoms with E-state index >= 15 is 0 Å². The van der Waals surface area contributed by atoms with Crippen molar-refractivity contribution in [1.29, 1.82) is 0 Å². The van der Waals surface area contributed by atoms with Crippen LogP contribution in [0.1, 0.15) is 20.8 Å². The maximum atomic E-state index is 7.56. The van der Waals surface area contributed by atoms with Gasteiger partial charge in [-0.2, -0.15) is 0 Å². The van der Waals surface area contributed by atoms with E-state index in [9.17, 15) is 0 Å². The molecule has 0 aliphatic carbocycles. The molecule has 1 fully saturated rings. The van der Waals surface area contributed by atoms with Crippen molar-refractivity contribution in [2.24, 2.45) is 11.5 Å². The van der Waals surface area contributed by atoms with Gasteiger partial charge in [0.2, 0.25) is 0 Å². The lowest BCUT2D eigenvalue weighted by atomic mass is 10.8. The van der Waals surface area contributed by atoms with Gasteiger partial charge in [-0.3, -0.25) is 0 Å². The molecular weight excluding hydrogens is 383 g/mol. The highest BCUT2D eigenvalue weighted by molar-refractivity contribution is 7.80. The molecule has 1 heterocycles. The molecule has 1 saturated heterocycles. The predicted molar refractivity (Wildman–Crippen MR) is 106 cm³/mol. The Labute approximate surface area is 159 Å². The topological polar surface area (TPSA) is 100.0 Å². The molecule has 0 saturated carbocycles. The molecule has 0 amide bonds. The zero-order valence-electron chi connectivity index (χ0n) is 13.5. The SMILES string of the molecule is C1COCO1.CC=CCl.CC=CCl.CCOC(N)=S.NC(O)=S. The molecule has 1 aliphatic rings. The van der Waals surface area contributed by atoms with Gasteiger partial charge in [0.05, 0.1) is 19.8 Å². The van der Waals surface area contributed by atoms with E-state index in [1.54, 1.807) is 12.2 Å². The van der Waals surface area contributed by atoms with Gasteiger partial charge in [-0.05, 0) is 56.3 Å². The number of nitrogens with two attached hydrogens (primary N) is 2. The molecule has 0 aromatic heterocycles. The monoisotopic (exact) mass is 408 g/mol. The van der Waals surface area contributed by atoms with Crippen molar-refractivity contribution in [2.75, 3.05) is 26.6 Å². The highest BCUT2D eigenvalue weighted by atomic mass is 35.5. The Morgan fingerprint density at radius 1 is 1.13 bits per heavy atom. The van der Waals surface area contributed by atoms with E-state index in [2.05, 4.69) is 34.9 Å². The van der Waals surface area contributed by atoms with E-state index in [1.165, 1.54) is 11.1 Å². The summed E-state index contributed by atoms with van der Waals surface area (Å²) in [6.07, 6.45) is 3.53. The first-order valence-corrected chi connectivity index (χ1v) is 8.01. The summed E-state index contributed by atoms with van der Waals surface area (Å²) < 4.78 is 14.0. The molecular formula is C13H26Cl2N2O4S2. The van der Waals surface area contributed by atoms with E-state index < -0.39 is 5.17 Å². The summed E-state index contributed by atoms with van der Waals surface area (Å²) >= 11 is 18.2. The van der Waals surface area contributed by atoms with E-state index in [0.717, 1.165) is 13.2 Å².